The highest BCUT2D eigenvalue weighted by Crippen LogP contribution is 2.27. The second-order valence-electron chi connectivity index (χ2n) is 4.04. The number of benzene rings is 1. The van der Waals surface area contributed by atoms with Gasteiger partial charge in [-0.15, -0.1) is 11.3 Å². The Bertz CT molecular complexity index is 689. The van der Waals surface area contributed by atoms with Crippen molar-refractivity contribution in [2.45, 2.75) is 6.42 Å². The minimum Gasteiger partial charge on any atom is -0.330 e. The van der Waals surface area contributed by atoms with Gasteiger partial charge in [0.15, 0.2) is 0 Å². The molecule has 1 heterocycles. The maximum Gasteiger partial charge on any atom is 0.288 e. The lowest BCUT2D eigenvalue weighted by molar-refractivity contribution is -0.384. The highest BCUT2D eigenvalue weighted by Gasteiger charge is 2.15. The second-order valence-corrected chi connectivity index (χ2v) is 5.39. The number of hydrogen-bond acceptors (Lipinski definition) is 6. The molecule has 1 amide bonds. The Hall–Kier alpha value is -2.03. The number of amides is 1. The van der Waals surface area contributed by atoms with Crippen LogP contribution in [0.25, 0.3) is 0 Å². The lowest BCUT2D eigenvalue weighted by Gasteiger charge is -2.04. The Morgan fingerprint density at radius 2 is 2.29 bits per heavy atom. The lowest BCUT2D eigenvalue weighted by Crippen LogP contribution is -2.12. The smallest absolute Gasteiger partial charge is 0.288 e. The molecule has 110 valence electrons. The summed E-state index contributed by atoms with van der Waals surface area (Å²) in [5, 5.41) is 15.6. The van der Waals surface area contributed by atoms with Gasteiger partial charge in [0.2, 0.25) is 0 Å². The van der Waals surface area contributed by atoms with Crippen molar-refractivity contribution < 1.29 is 9.72 Å². The van der Waals surface area contributed by atoms with Crippen molar-refractivity contribution in [3.63, 3.8) is 0 Å². The van der Waals surface area contributed by atoms with E-state index in [1.165, 1.54) is 29.5 Å². The SMILES string of the molecule is NCCc1nc(C(=O)Nc2ccc([N+](=O)[O-])c(Cl)c2)cs1. The third kappa shape index (κ3) is 3.75. The minimum absolute atomic E-state index is 0.0418. The summed E-state index contributed by atoms with van der Waals surface area (Å²) in [6, 6.07) is 3.97. The third-order valence-electron chi connectivity index (χ3n) is 2.54. The highest BCUT2D eigenvalue weighted by atomic mass is 35.5. The first-order valence-electron chi connectivity index (χ1n) is 5.91. The van der Waals surface area contributed by atoms with Gasteiger partial charge in [-0.25, -0.2) is 4.98 Å². The van der Waals surface area contributed by atoms with Crippen molar-refractivity contribution in [3.05, 3.63) is 49.4 Å². The van der Waals surface area contributed by atoms with Gasteiger partial charge in [0, 0.05) is 23.6 Å². The molecular formula is C12H11ClN4O3S. The summed E-state index contributed by atoms with van der Waals surface area (Å²) in [7, 11) is 0. The number of carbonyl (C=O) groups is 1. The maximum absolute atomic E-state index is 12.0. The van der Waals surface area contributed by atoms with E-state index in [-0.39, 0.29) is 16.4 Å². The topological polar surface area (TPSA) is 111 Å². The molecule has 0 fully saturated rings. The van der Waals surface area contributed by atoms with Crippen LogP contribution in [0.4, 0.5) is 11.4 Å². The molecule has 2 aromatic rings. The van der Waals surface area contributed by atoms with Crippen molar-refractivity contribution in [1.82, 2.24) is 4.98 Å². The van der Waals surface area contributed by atoms with E-state index in [1.54, 1.807) is 5.38 Å². The van der Waals surface area contributed by atoms with Gasteiger partial charge >= 0.3 is 0 Å². The third-order valence-corrected chi connectivity index (χ3v) is 3.76. The monoisotopic (exact) mass is 326 g/mol. The number of nitrogens with two attached hydrogens (primary N) is 1. The van der Waals surface area contributed by atoms with Crippen LogP contribution < -0.4 is 11.1 Å². The molecule has 0 radical (unpaired) electrons. The quantitative estimate of drug-likeness (QED) is 0.647. The van der Waals surface area contributed by atoms with E-state index in [1.807, 2.05) is 0 Å². The Balaban J connectivity index is 2.11. The molecule has 0 saturated heterocycles. The summed E-state index contributed by atoms with van der Waals surface area (Å²) in [4.78, 5) is 26.2. The Kier molecular flexibility index (Phi) is 4.84. The van der Waals surface area contributed by atoms with Gasteiger partial charge in [0.05, 0.1) is 9.93 Å². The van der Waals surface area contributed by atoms with Crippen molar-refractivity contribution in [1.29, 1.82) is 0 Å². The van der Waals surface area contributed by atoms with Gasteiger partial charge in [-0.2, -0.15) is 0 Å². The number of nitro benzene ring substituents is 1. The second kappa shape index (κ2) is 6.61. The Morgan fingerprint density at radius 1 is 1.52 bits per heavy atom. The molecule has 0 aliphatic heterocycles. The van der Waals surface area contributed by atoms with E-state index in [0.29, 0.717) is 18.7 Å². The zero-order valence-corrected chi connectivity index (χ0v) is 12.3. The standard InChI is InChI=1S/C12H11ClN4O3S/c13-8-5-7(1-2-10(8)17(19)20)15-12(18)9-6-21-11(16-9)3-4-14/h1-2,5-6H,3-4,14H2,(H,15,18). The van der Waals surface area contributed by atoms with Gasteiger partial charge in [0.1, 0.15) is 10.7 Å². The number of aromatic nitrogens is 1. The molecule has 0 aliphatic carbocycles. The summed E-state index contributed by atoms with van der Waals surface area (Å²) in [5.41, 5.74) is 5.85. The molecule has 1 aromatic carbocycles. The largest absolute Gasteiger partial charge is 0.330 e. The number of halogens is 1. The van der Waals surface area contributed by atoms with Gasteiger partial charge in [0.25, 0.3) is 11.6 Å². The normalized spacial score (nSPS) is 10.4. The lowest BCUT2D eigenvalue weighted by atomic mass is 10.2. The molecular weight excluding hydrogens is 316 g/mol. The first-order valence-corrected chi connectivity index (χ1v) is 7.17. The summed E-state index contributed by atoms with van der Waals surface area (Å²) < 4.78 is 0. The van der Waals surface area contributed by atoms with Crippen molar-refractivity contribution >= 4 is 40.2 Å². The Labute approximate surface area is 128 Å². The van der Waals surface area contributed by atoms with E-state index in [2.05, 4.69) is 10.3 Å². The van der Waals surface area contributed by atoms with Crippen LogP contribution in [0.2, 0.25) is 5.02 Å². The summed E-state index contributed by atoms with van der Waals surface area (Å²) in [6.07, 6.45) is 0.612. The fourth-order valence-corrected chi connectivity index (χ4v) is 2.63. The highest BCUT2D eigenvalue weighted by molar-refractivity contribution is 7.09. The van der Waals surface area contributed by atoms with Crippen LogP contribution in [0.1, 0.15) is 15.5 Å². The van der Waals surface area contributed by atoms with Gasteiger partial charge in [-0.3, -0.25) is 14.9 Å². The number of nitrogens with zero attached hydrogens (tertiary/aromatic N) is 2. The van der Waals surface area contributed by atoms with Crippen molar-refractivity contribution in [2.24, 2.45) is 5.73 Å². The summed E-state index contributed by atoms with van der Waals surface area (Å²) in [6.45, 7) is 0.465. The van der Waals surface area contributed by atoms with Crippen LogP contribution in [0.5, 0.6) is 0 Å². The molecule has 7 nitrogen and oxygen atoms in total. The van der Waals surface area contributed by atoms with Crippen LogP contribution >= 0.6 is 22.9 Å². The fourth-order valence-electron chi connectivity index (χ4n) is 1.58. The molecule has 9 heteroatoms. The number of thiazole rings is 1. The number of anilines is 1. The number of rotatable bonds is 5. The molecule has 3 N–H and O–H groups in total. The first-order chi connectivity index (χ1) is 10.0. The summed E-state index contributed by atoms with van der Waals surface area (Å²) >= 11 is 7.13. The van der Waals surface area contributed by atoms with Gasteiger partial charge in [-0.05, 0) is 18.7 Å². The predicted molar refractivity (Wildman–Crippen MR) is 80.9 cm³/mol. The molecule has 1 aromatic heterocycles. The zero-order chi connectivity index (χ0) is 15.4. The van der Waals surface area contributed by atoms with Crippen molar-refractivity contribution in [3.8, 4) is 0 Å². The number of hydrogen-bond donors (Lipinski definition) is 2. The maximum atomic E-state index is 12.0. The number of nitro groups is 1. The van der Waals surface area contributed by atoms with Gasteiger partial charge < -0.3 is 11.1 Å². The average molecular weight is 327 g/mol. The van der Waals surface area contributed by atoms with Crippen LogP contribution in [0, 0.1) is 10.1 Å². The average Bonchev–Trinajstić information content (AvgIpc) is 2.87. The predicted octanol–water partition coefficient (Wildman–Crippen LogP) is 2.46. The molecule has 0 aliphatic rings. The molecule has 21 heavy (non-hydrogen) atoms. The molecule has 0 atom stereocenters. The van der Waals surface area contributed by atoms with Crippen LogP contribution in [-0.4, -0.2) is 22.4 Å². The Morgan fingerprint density at radius 3 is 2.90 bits per heavy atom. The first kappa shape index (κ1) is 15.4. The van der Waals surface area contributed by atoms with Crippen molar-refractivity contribution in [2.75, 3.05) is 11.9 Å². The fraction of sp³-hybridized carbons (Fsp3) is 0.167. The molecule has 0 saturated carbocycles. The van der Waals surface area contributed by atoms with Crippen LogP contribution in [0.3, 0.4) is 0 Å². The summed E-state index contributed by atoms with van der Waals surface area (Å²) in [5.74, 6) is -0.403. The zero-order valence-electron chi connectivity index (χ0n) is 10.7. The van der Waals surface area contributed by atoms with E-state index < -0.39 is 10.8 Å². The van der Waals surface area contributed by atoms with E-state index in [4.69, 9.17) is 17.3 Å². The van der Waals surface area contributed by atoms with E-state index in [0.717, 1.165) is 5.01 Å². The minimum atomic E-state index is -0.590. The van der Waals surface area contributed by atoms with Crippen LogP contribution in [0.15, 0.2) is 23.6 Å². The van der Waals surface area contributed by atoms with E-state index >= 15 is 0 Å². The molecule has 0 bridgehead atoms. The molecule has 2 rings (SSSR count). The number of nitrogens with one attached hydrogen (secondary N) is 1. The van der Waals surface area contributed by atoms with E-state index in [9.17, 15) is 14.9 Å². The molecule has 0 unspecified atom stereocenters. The molecule has 0 spiro atoms. The van der Waals surface area contributed by atoms with Crippen LogP contribution in [-0.2, 0) is 6.42 Å². The number of carbonyl (C=O) groups excluding carboxylic acids is 1. The van der Waals surface area contributed by atoms with Gasteiger partial charge in [-0.1, -0.05) is 11.6 Å².